The summed E-state index contributed by atoms with van der Waals surface area (Å²) < 4.78 is 28.8. The SMILES string of the molecule is O=S(=O)(NCC(c1ccccc1)N1CCN(C(c2ccccc2)c2ccc(Cl)cc2)CC1)c1ccccc1. The smallest absolute Gasteiger partial charge is 0.240 e. The van der Waals surface area contributed by atoms with Gasteiger partial charge >= 0.3 is 0 Å². The summed E-state index contributed by atoms with van der Waals surface area (Å²) in [5, 5.41) is 0.731. The Bertz CT molecular complexity index is 1390. The van der Waals surface area contributed by atoms with E-state index < -0.39 is 10.0 Å². The molecule has 1 saturated heterocycles. The first kappa shape index (κ1) is 26.6. The van der Waals surface area contributed by atoms with Crippen LogP contribution in [0.15, 0.2) is 120 Å². The third-order valence-electron chi connectivity index (χ3n) is 7.16. The van der Waals surface area contributed by atoms with Gasteiger partial charge in [-0.15, -0.1) is 0 Å². The minimum absolute atomic E-state index is 0.0671. The van der Waals surface area contributed by atoms with Crippen LogP contribution in [0, 0.1) is 0 Å². The van der Waals surface area contributed by atoms with E-state index in [0.717, 1.165) is 36.8 Å². The van der Waals surface area contributed by atoms with E-state index >= 15 is 0 Å². The zero-order valence-corrected chi connectivity index (χ0v) is 22.7. The fourth-order valence-electron chi connectivity index (χ4n) is 5.21. The second-order valence-corrected chi connectivity index (χ2v) is 11.7. The first-order valence-electron chi connectivity index (χ1n) is 12.9. The molecule has 2 atom stereocenters. The quantitative estimate of drug-likeness (QED) is 0.290. The molecule has 0 bridgehead atoms. The molecular weight excluding hydrogens is 514 g/mol. The lowest BCUT2D eigenvalue weighted by molar-refractivity contribution is 0.0796. The van der Waals surface area contributed by atoms with E-state index in [0.29, 0.717) is 6.54 Å². The van der Waals surface area contributed by atoms with Gasteiger partial charge in [-0.25, -0.2) is 13.1 Å². The van der Waals surface area contributed by atoms with Crippen molar-refractivity contribution in [1.82, 2.24) is 14.5 Å². The number of rotatable bonds is 9. The van der Waals surface area contributed by atoms with Crippen LogP contribution in [0.25, 0.3) is 0 Å². The number of piperazine rings is 1. The van der Waals surface area contributed by atoms with Crippen LogP contribution in [0.2, 0.25) is 5.02 Å². The summed E-state index contributed by atoms with van der Waals surface area (Å²) in [6.07, 6.45) is 0. The van der Waals surface area contributed by atoms with Crippen molar-refractivity contribution in [1.29, 1.82) is 0 Å². The maximum absolute atomic E-state index is 13.0. The van der Waals surface area contributed by atoms with Gasteiger partial charge in [0.05, 0.1) is 10.9 Å². The standard InChI is InChI=1S/C31H32ClN3O2S/c32-28-18-16-27(17-19-28)31(26-12-6-2-7-13-26)35-22-20-34(21-23-35)30(25-10-4-1-5-11-25)24-33-38(36,37)29-14-8-3-9-15-29/h1-19,30-31,33H,20-24H2. The maximum atomic E-state index is 13.0. The molecule has 0 saturated carbocycles. The van der Waals surface area contributed by atoms with E-state index in [1.807, 2.05) is 42.5 Å². The Morgan fingerprint density at radius 3 is 1.68 bits per heavy atom. The lowest BCUT2D eigenvalue weighted by Crippen LogP contribution is -2.50. The first-order chi connectivity index (χ1) is 18.5. The second kappa shape index (κ2) is 12.2. The third-order valence-corrected chi connectivity index (χ3v) is 8.85. The largest absolute Gasteiger partial charge is 0.292 e. The van der Waals surface area contributed by atoms with Gasteiger partial charge in [-0.3, -0.25) is 9.80 Å². The normalized spacial score (nSPS) is 16.7. The van der Waals surface area contributed by atoms with Gasteiger partial charge in [0.25, 0.3) is 0 Å². The number of nitrogens with one attached hydrogen (secondary N) is 1. The van der Waals surface area contributed by atoms with Crippen LogP contribution < -0.4 is 4.72 Å². The molecule has 0 radical (unpaired) electrons. The van der Waals surface area contributed by atoms with Gasteiger partial charge in [0.15, 0.2) is 0 Å². The Kier molecular flexibility index (Phi) is 8.57. The number of halogens is 1. The summed E-state index contributed by atoms with van der Waals surface area (Å²) in [4.78, 5) is 5.18. The molecule has 2 unspecified atom stereocenters. The van der Waals surface area contributed by atoms with E-state index in [1.54, 1.807) is 24.3 Å². The maximum Gasteiger partial charge on any atom is 0.240 e. The van der Waals surface area contributed by atoms with E-state index in [4.69, 9.17) is 11.6 Å². The lowest BCUT2D eigenvalue weighted by Gasteiger charge is -2.43. The molecule has 1 aliphatic rings. The molecule has 0 aromatic heterocycles. The fraction of sp³-hybridized carbons (Fsp3) is 0.226. The highest BCUT2D eigenvalue weighted by Gasteiger charge is 2.30. The molecule has 0 spiro atoms. The average Bonchev–Trinajstić information content (AvgIpc) is 2.97. The van der Waals surface area contributed by atoms with Gasteiger partial charge in [-0.2, -0.15) is 0 Å². The zero-order chi connectivity index (χ0) is 26.4. The summed E-state index contributed by atoms with van der Waals surface area (Å²) in [7, 11) is -3.60. The molecule has 4 aromatic carbocycles. The molecule has 1 heterocycles. The van der Waals surface area contributed by atoms with Crippen molar-refractivity contribution >= 4 is 21.6 Å². The molecule has 5 rings (SSSR count). The predicted molar refractivity (Wildman–Crippen MR) is 154 cm³/mol. The Hall–Kier alpha value is -3.00. The molecule has 1 aliphatic heterocycles. The molecule has 1 fully saturated rings. The summed E-state index contributed by atoms with van der Waals surface area (Å²) in [6, 6.07) is 37.5. The van der Waals surface area contributed by atoms with Crippen molar-refractivity contribution < 1.29 is 8.42 Å². The zero-order valence-electron chi connectivity index (χ0n) is 21.2. The average molecular weight is 546 g/mol. The van der Waals surface area contributed by atoms with Gasteiger partial charge in [0, 0.05) is 43.8 Å². The number of sulfonamides is 1. The third kappa shape index (κ3) is 6.34. The summed E-state index contributed by atoms with van der Waals surface area (Å²) in [5.41, 5.74) is 3.57. The number of hydrogen-bond donors (Lipinski definition) is 1. The van der Waals surface area contributed by atoms with E-state index in [1.165, 1.54) is 11.1 Å². The van der Waals surface area contributed by atoms with Gasteiger partial charge in [-0.1, -0.05) is 103 Å². The van der Waals surface area contributed by atoms with Crippen LogP contribution in [0.4, 0.5) is 0 Å². The number of hydrogen-bond acceptors (Lipinski definition) is 4. The molecule has 1 N–H and O–H groups in total. The predicted octanol–water partition coefficient (Wildman–Crippen LogP) is 5.77. The molecule has 0 amide bonds. The summed E-state index contributed by atoms with van der Waals surface area (Å²) >= 11 is 6.19. The van der Waals surface area contributed by atoms with Crippen molar-refractivity contribution in [2.24, 2.45) is 0 Å². The van der Waals surface area contributed by atoms with Crippen LogP contribution in [0.3, 0.4) is 0 Å². The molecule has 7 heteroatoms. The molecular formula is C31H32ClN3O2S. The van der Waals surface area contributed by atoms with Crippen molar-refractivity contribution in [3.63, 3.8) is 0 Å². The van der Waals surface area contributed by atoms with Gasteiger partial charge in [-0.05, 0) is 41.0 Å². The van der Waals surface area contributed by atoms with Crippen molar-refractivity contribution in [3.05, 3.63) is 137 Å². The van der Waals surface area contributed by atoms with E-state index in [-0.39, 0.29) is 17.0 Å². The van der Waals surface area contributed by atoms with Gasteiger partial charge < -0.3 is 0 Å². The van der Waals surface area contributed by atoms with Gasteiger partial charge in [0.2, 0.25) is 10.0 Å². The van der Waals surface area contributed by atoms with Crippen molar-refractivity contribution in [3.8, 4) is 0 Å². The van der Waals surface area contributed by atoms with Crippen LogP contribution in [0.1, 0.15) is 28.8 Å². The highest BCUT2D eigenvalue weighted by molar-refractivity contribution is 7.89. The minimum Gasteiger partial charge on any atom is -0.292 e. The Morgan fingerprint density at radius 2 is 1.11 bits per heavy atom. The number of nitrogens with zero attached hydrogens (tertiary/aromatic N) is 2. The van der Waals surface area contributed by atoms with Crippen LogP contribution in [-0.2, 0) is 10.0 Å². The Labute approximate surface area is 230 Å². The van der Waals surface area contributed by atoms with Crippen LogP contribution in [0.5, 0.6) is 0 Å². The molecule has 38 heavy (non-hydrogen) atoms. The highest BCUT2D eigenvalue weighted by Crippen LogP contribution is 2.32. The highest BCUT2D eigenvalue weighted by atomic mass is 35.5. The van der Waals surface area contributed by atoms with E-state index in [9.17, 15) is 8.42 Å². The van der Waals surface area contributed by atoms with Gasteiger partial charge in [0.1, 0.15) is 0 Å². The molecule has 0 aliphatic carbocycles. The van der Waals surface area contributed by atoms with Crippen molar-refractivity contribution in [2.75, 3.05) is 32.7 Å². The van der Waals surface area contributed by atoms with Crippen LogP contribution >= 0.6 is 11.6 Å². The second-order valence-electron chi connectivity index (χ2n) is 9.53. The van der Waals surface area contributed by atoms with Crippen molar-refractivity contribution in [2.45, 2.75) is 17.0 Å². The Balaban J connectivity index is 1.34. The lowest BCUT2D eigenvalue weighted by atomic mass is 9.96. The molecule has 196 valence electrons. The molecule has 5 nitrogen and oxygen atoms in total. The number of benzene rings is 4. The fourth-order valence-corrected chi connectivity index (χ4v) is 6.39. The molecule has 4 aromatic rings. The van der Waals surface area contributed by atoms with E-state index in [2.05, 4.69) is 63.1 Å². The monoisotopic (exact) mass is 545 g/mol. The minimum atomic E-state index is -3.60. The summed E-state index contributed by atoms with van der Waals surface area (Å²) in [5.74, 6) is 0. The van der Waals surface area contributed by atoms with Crippen LogP contribution in [-0.4, -0.2) is 50.9 Å². The first-order valence-corrected chi connectivity index (χ1v) is 14.8. The summed E-state index contributed by atoms with van der Waals surface area (Å²) in [6.45, 7) is 3.67. The Morgan fingerprint density at radius 1 is 0.632 bits per heavy atom. The topological polar surface area (TPSA) is 52.7 Å².